The van der Waals surface area contributed by atoms with Gasteiger partial charge in [0.2, 0.25) is 10.0 Å². The third-order valence-electron chi connectivity index (χ3n) is 5.90. The molecule has 9 heteroatoms. The molecule has 4 aromatic rings. The van der Waals surface area contributed by atoms with Gasteiger partial charge in [0.1, 0.15) is 0 Å². The number of nitrogens with zero attached hydrogens (tertiary/aromatic N) is 3. The van der Waals surface area contributed by atoms with Crippen molar-refractivity contribution in [1.29, 1.82) is 0 Å². The number of pyridine rings is 2. The lowest BCUT2D eigenvalue weighted by Crippen LogP contribution is -2.40. The monoisotopic (exact) mass is 488 g/mol. The van der Waals surface area contributed by atoms with Crippen molar-refractivity contribution in [3.63, 3.8) is 0 Å². The molecule has 1 saturated heterocycles. The molecule has 0 saturated carbocycles. The van der Waals surface area contributed by atoms with Crippen molar-refractivity contribution in [2.45, 2.75) is 11.4 Å². The first-order valence-electron chi connectivity index (χ1n) is 11.3. The van der Waals surface area contributed by atoms with E-state index in [1.165, 1.54) is 4.31 Å². The van der Waals surface area contributed by atoms with Gasteiger partial charge in [0, 0.05) is 43.0 Å². The largest absolute Gasteiger partial charge is 0.379 e. The quantitative estimate of drug-likeness (QED) is 0.447. The lowest BCUT2D eigenvalue weighted by atomic mass is 10.0. The molecule has 0 aliphatic carbocycles. The zero-order valence-electron chi connectivity index (χ0n) is 18.9. The number of rotatable bonds is 6. The van der Waals surface area contributed by atoms with Crippen LogP contribution in [0.1, 0.15) is 15.9 Å². The number of para-hydroxylation sites is 1. The van der Waals surface area contributed by atoms with Crippen LogP contribution in [0.25, 0.3) is 22.2 Å². The van der Waals surface area contributed by atoms with Gasteiger partial charge in [-0.15, -0.1) is 0 Å². The minimum absolute atomic E-state index is 0.232. The van der Waals surface area contributed by atoms with E-state index >= 15 is 0 Å². The second kappa shape index (κ2) is 9.91. The molecule has 1 amide bonds. The van der Waals surface area contributed by atoms with Gasteiger partial charge in [0.05, 0.1) is 34.9 Å². The first kappa shape index (κ1) is 23.1. The highest BCUT2D eigenvalue weighted by Gasteiger charge is 2.26. The molecule has 0 unspecified atom stereocenters. The Bertz CT molecular complexity index is 1450. The van der Waals surface area contributed by atoms with Gasteiger partial charge in [-0.2, -0.15) is 4.31 Å². The summed E-state index contributed by atoms with van der Waals surface area (Å²) in [5.74, 6) is -0.237. The highest BCUT2D eigenvalue weighted by molar-refractivity contribution is 7.89. The molecule has 1 aliphatic heterocycles. The van der Waals surface area contributed by atoms with Crippen molar-refractivity contribution in [1.82, 2.24) is 19.6 Å². The fraction of sp³-hybridized carbons (Fsp3) is 0.192. The van der Waals surface area contributed by atoms with E-state index < -0.39 is 10.0 Å². The van der Waals surface area contributed by atoms with Crippen LogP contribution in [0.5, 0.6) is 0 Å². The summed E-state index contributed by atoms with van der Waals surface area (Å²) in [4.78, 5) is 22.3. The predicted octanol–water partition coefficient (Wildman–Crippen LogP) is 3.25. The molecule has 5 rings (SSSR count). The Balaban J connectivity index is 1.34. The molecule has 0 atom stereocenters. The van der Waals surface area contributed by atoms with Crippen LogP contribution in [-0.4, -0.2) is 54.9 Å². The van der Waals surface area contributed by atoms with E-state index in [-0.39, 0.29) is 17.3 Å². The Kier molecular flexibility index (Phi) is 6.54. The van der Waals surface area contributed by atoms with Gasteiger partial charge < -0.3 is 10.1 Å². The van der Waals surface area contributed by atoms with Gasteiger partial charge in [0.15, 0.2) is 0 Å². The molecule has 1 N–H and O–H groups in total. The number of aromatic nitrogens is 2. The Morgan fingerprint density at radius 1 is 1.00 bits per heavy atom. The minimum atomic E-state index is -3.55. The van der Waals surface area contributed by atoms with E-state index in [2.05, 4.69) is 15.3 Å². The van der Waals surface area contributed by atoms with Crippen LogP contribution in [-0.2, 0) is 21.3 Å². The SMILES string of the molecule is O=C(NCc1ccc(S(=O)(=O)N2CCOCC2)cc1)c1cc(-c2cccnc2)nc2ccccc12. The second-order valence-electron chi connectivity index (χ2n) is 8.16. The van der Waals surface area contributed by atoms with Crippen LogP contribution >= 0.6 is 0 Å². The van der Waals surface area contributed by atoms with E-state index in [4.69, 9.17) is 4.74 Å². The molecule has 178 valence electrons. The summed E-state index contributed by atoms with van der Waals surface area (Å²) in [7, 11) is -3.55. The average molecular weight is 489 g/mol. The second-order valence-corrected chi connectivity index (χ2v) is 10.1. The van der Waals surface area contributed by atoms with Crippen LogP contribution in [0, 0.1) is 0 Å². The first-order valence-corrected chi connectivity index (χ1v) is 12.7. The summed E-state index contributed by atoms with van der Waals surface area (Å²) in [6, 6.07) is 19.6. The van der Waals surface area contributed by atoms with Gasteiger partial charge in [-0.05, 0) is 42.0 Å². The fourth-order valence-electron chi connectivity index (χ4n) is 4.02. The Labute approximate surface area is 203 Å². The Morgan fingerprint density at radius 3 is 2.51 bits per heavy atom. The standard InChI is InChI=1S/C26H24N4O4S/c31-26(23-16-25(20-4-3-11-27-18-20)29-24-6-2-1-5-22(23)24)28-17-19-7-9-21(10-8-19)35(32,33)30-12-14-34-15-13-30/h1-11,16,18H,12-15,17H2,(H,28,31). The topological polar surface area (TPSA) is 101 Å². The molecule has 0 spiro atoms. The number of carbonyl (C=O) groups excluding carboxylic acids is 1. The Morgan fingerprint density at radius 2 is 1.77 bits per heavy atom. The number of sulfonamides is 1. The van der Waals surface area contributed by atoms with Crippen molar-refractivity contribution in [2.24, 2.45) is 0 Å². The summed E-state index contributed by atoms with van der Waals surface area (Å²) in [5, 5.41) is 3.70. The summed E-state index contributed by atoms with van der Waals surface area (Å²) in [5.41, 5.74) is 3.52. The zero-order chi connectivity index (χ0) is 24.3. The van der Waals surface area contributed by atoms with E-state index in [1.54, 1.807) is 42.7 Å². The number of fused-ring (bicyclic) bond motifs is 1. The van der Waals surface area contributed by atoms with Gasteiger partial charge >= 0.3 is 0 Å². The minimum Gasteiger partial charge on any atom is -0.379 e. The third-order valence-corrected chi connectivity index (χ3v) is 7.82. The van der Waals surface area contributed by atoms with Crippen molar-refractivity contribution in [3.05, 3.63) is 90.3 Å². The van der Waals surface area contributed by atoms with Crippen LogP contribution < -0.4 is 5.32 Å². The molecule has 2 aromatic heterocycles. The predicted molar refractivity (Wildman–Crippen MR) is 132 cm³/mol. The maximum atomic E-state index is 13.2. The highest BCUT2D eigenvalue weighted by Crippen LogP contribution is 2.24. The van der Waals surface area contributed by atoms with E-state index in [9.17, 15) is 13.2 Å². The number of benzene rings is 2. The van der Waals surface area contributed by atoms with Crippen molar-refractivity contribution < 1.29 is 17.9 Å². The lowest BCUT2D eigenvalue weighted by molar-refractivity contribution is 0.0730. The van der Waals surface area contributed by atoms with E-state index in [0.29, 0.717) is 37.6 Å². The van der Waals surface area contributed by atoms with Gasteiger partial charge in [-0.1, -0.05) is 30.3 Å². The molecule has 1 fully saturated rings. The Hall–Kier alpha value is -3.66. The maximum Gasteiger partial charge on any atom is 0.252 e. The summed E-state index contributed by atoms with van der Waals surface area (Å²) in [6.07, 6.45) is 3.40. The van der Waals surface area contributed by atoms with E-state index in [0.717, 1.165) is 22.0 Å². The highest BCUT2D eigenvalue weighted by atomic mass is 32.2. The first-order chi connectivity index (χ1) is 17.0. The number of amides is 1. The molecule has 35 heavy (non-hydrogen) atoms. The summed E-state index contributed by atoms with van der Waals surface area (Å²) >= 11 is 0. The van der Waals surface area contributed by atoms with Crippen molar-refractivity contribution in [3.8, 4) is 11.3 Å². The molecule has 0 radical (unpaired) electrons. The van der Waals surface area contributed by atoms with Crippen LogP contribution in [0.3, 0.4) is 0 Å². The van der Waals surface area contributed by atoms with E-state index in [1.807, 2.05) is 36.4 Å². The fourth-order valence-corrected chi connectivity index (χ4v) is 5.43. The van der Waals surface area contributed by atoms with Crippen molar-refractivity contribution in [2.75, 3.05) is 26.3 Å². The van der Waals surface area contributed by atoms with Gasteiger partial charge in [0.25, 0.3) is 5.91 Å². The number of morpholine rings is 1. The third kappa shape index (κ3) is 4.93. The molecule has 2 aromatic carbocycles. The van der Waals surface area contributed by atoms with Crippen LogP contribution in [0.15, 0.2) is 84.0 Å². The summed E-state index contributed by atoms with van der Waals surface area (Å²) in [6.45, 7) is 1.75. The van der Waals surface area contributed by atoms with Crippen LogP contribution in [0.4, 0.5) is 0 Å². The zero-order valence-corrected chi connectivity index (χ0v) is 19.7. The van der Waals surface area contributed by atoms with Crippen LogP contribution in [0.2, 0.25) is 0 Å². The molecule has 8 nitrogen and oxygen atoms in total. The summed E-state index contributed by atoms with van der Waals surface area (Å²) < 4.78 is 32.3. The molecule has 0 bridgehead atoms. The van der Waals surface area contributed by atoms with Crippen molar-refractivity contribution >= 4 is 26.8 Å². The van der Waals surface area contributed by atoms with Gasteiger partial charge in [-0.25, -0.2) is 13.4 Å². The number of nitrogens with one attached hydrogen (secondary N) is 1. The molecule has 3 heterocycles. The number of ether oxygens (including phenoxy) is 1. The molecule has 1 aliphatic rings. The number of hydrogen-bond donors (Lipinski definition) is 1. The maximum absolute atomic E-state index is 13.2. The number of hydrogen-bond acceptors (Lipinski definition) is 6. The van der Waals surface area contributed by atoms with Gasteiger partial charge in [-0.3, -0.25) is 9.78 Å². The normalized spacial score (nSPS) is 14.6. The average Bonchev–Trinajstić information content (AvgIpc) is 2.92. The smallest absolute Gasteiger partial charge is 0.252 e. The molecular weight excluding hydrogens is 464 g/mol. The molecular formula is C26H24N4O4S. The number of carbonyl (C=O) groups is 1. The lowest BCUT2D eigenvalue weighted by Gasteiger charge is -2.26.